The summed E-state index contributed by atoms with van der Waals surface area (Å²) in [6, 6.07) is 11.6. The van der Waals surface area contributed by atoms with Gasteiger partial charge in [0.15, 0.2) is 0 Å². The molecule has 0 radical (unpaired) electrons. The van der Waals surface area contributed by atoms with Crippen molar-refractivity contribution in [2.75, 3.05) is 40.5 Å². The molecule has 2 aromatic rings. The summed E-state index contributed by atoms with van der Waals surface area (Å²) in [6.45, 7) is 7.81. The highest BCUT2D eigenvalue weighted by Crippen LogP contribution is 2.39. The van der Waals surface area contributed by atoms with Crippen molar-refractivity contribution >= 4 is 17.6 Å². The number of carbonyl (C=O) groups excluding carboxylic acids is 2. The number of carbonyl (C=O) groups is 2. The molecule has 0 spiro atoms. The van der Waals surface area contributed by atoms with Crippen LogP contribution in [-0.4, -0.2) is 68.0 Å². The molecule has 0 unspecified atom stereocenters. The summed E-state index contributed by atoms with van der Waals surface area (Å²) in [5.41, 5.74) is 5.15. The van der Waals surface area contributed by atoms with Crippen LogP contribution >= 0.6 is 0 Å². The Morgan fingerprint density at radius 3 is 2.57 bits per heavy atom. The van der Waals surface area contributed by atoms with Crippen molar-refractivity contribution in [3.8, 4) is 11.5 Å². The van der Waals surface area contributed by atoms with Gasteiger partial charge in [-0.15, -0.1) is 0 Å². The van der Waals surface area contributed by atoms with Gasteiger partial charge in [0.05, 0.1) is 45.0 Å². The van der Waals surface area contributed by atoms with Gasteiger partial charge in [-0.1, -0.05) is 12.1 Å². The van der Waals surface area contributed by atoms with E-state index in [0.717, 1.165) is 36.2 Å². The topological polar surface area (TPSA) is 80.7 Å². The molecule has 1 amide bonds. The Morgan fingerprint density at radius 2 is 1.86 bits per heavy atom. The van der Waals surface area contributed by atoms with Crippen LogP contribution in [-0.2, 0) is 14.3 Å². The van der Waals surface area contributed by atoms with Crippen molar-refractivity contribution in [2.45, 2.75) is 46.1 Å². The number of likely N-dealkylation sites (tertiary alicyclic amines) is 1. The van der Waals surface area contributed by atoms with Gasteiger partial charge in [0.25, 0.3) is 5.91 Å². The van der Waals surface area contributed by atoms with Crippen LogP contribution in [0.2, 0.25) is 0 Å². The van der Waals surface area contributed by atoms with Crippen LogP contribution in [0, 0.1) is 19.8 Å². The summed E-state index contributed by atoms with van der Waals surface area (Å²) >= 11 is 0. The summed E-state index contributed by atoms with van der Waals surface area (Å²) in [4.78, 5) is 28.1. The summed E-state index contributed by atoms with van der Waals surface area (Å²) in [7, 11) is 3.23. The minimum absolute atomic E-state index is 0.105. The first-order valence-corrected chi connectivity index (χ1v) is 12.9. The SMILES string of the molecule is CCOC(=O)[C@H]1CCCN(CC(=O)N2N=C(c3ccc(C)c(C)c3)C[C@@H]2c2ccc(OC)cc2OC)C1. The Hall–Kier alpha value is -3.39. The number of hydrazone groups is 1. The first-order valence-electron chi connectivity index (χ1n) is 12.9. The molecule has 2 heterocycles. The largest absolute Gasteiger partial charge is 0.497 e. The number of nitrogens with zero attached hydrogens (tertiary/aromatic N) is 3. The molecule has 2 aliphatic rings. The van der Waals surface area contributed by atoms with Crippen LogP contribution < -0.4 is 9.47 Å². The number of aryl methyl sites for hydroxylation is 2. The van der Waals surface area contributed by atoms with E-state index in [1.807, 2.05) is 30.0 Å². The Bertz CT molecular complexity index is 1180. The molecule has 4 rings (SSSR count). The minimum Gasteiger partial charge on any atom is -0.497 e. The molecule has 0 aromatic heterocycles. The number of ether oxygens (including phenoxy) is 3. The first kappa shape index (κ1) is 26.7. The van der Waals surface area contributed by atoms with Crippen molar-refractivity contribution in [1.82, 2.24) is 9.91 Å². The fourth-order valence-electron chi connectivity index (χ4n) is 5.09. The molecule has 2 atom stereocenters. The van der Waals surface area contributed by atoms with E-state index < -0.39 is 0 Å². The van der Waals surface area contributed by atoms with Crippen molar-refractivity contribution in [1.29, 1.82) is 0 Å². The van der Waals surface area contributed by atoms with Crippen molar-refractivity contribution < 1.29 is 23.8 Å². The highest BCUT2D eigenvalue weighted by atomic mass is 16.5. The number of benzene rings is 2. The second kappa shape index (κ2) is 11.8. The molecule has 8 heteroatoms. The van der Waals surface area contributed by atoms with E-state index in [-0.39, 0.29) is 30.4 Å². The van der Waals surface area contributed by atoms with E-state index in [1.54, 1.807) is 19.2 Å². The van der Waals surface area contributed by atoms with Crippen molar-refractivity contribution in [3.63, 3.8) is 0 Å². The predicted octanol–water partition coefficient (Wildman–Crippen LogP) is 4.27. The third kappa shape index (κ3) is 5.96. The van der Waals surface area contributed by atoms with E-state index in [9.17, 15) is 9.59 Å². The van der Waals surface area contributed by atoms with Crippen LogP contribution in [0.4, 0.5) is 0 Å². The van der Waals surface area contributed by atoms with Crippen LogP contribution in [0.25, 0.3) is 0 Å². The fraction of sp³-hybridized carbons (Fsp3) is 0.483. The molecular formula is C29H37N3O5. The van der Waals surface area contributed by atoms with Crippen LogP contribution in [0.15, 0.2) is 41.5 Å². The third-order valence-corrected chi connectivity index (χ3v) is 7.29. The van der Waals surface area contributed by atoms with E-state index >= 15 is 0 Å². The first-order chi connectivity index (χ1) is 17.8. The number of hydrogen-bond donors (Lipinski definition) is 0. The lowest BCUT2D eigenvalue weighted by atomic mass is 9.95. The zero-order valence-electron chi connectivity index (χ0n) is 22.5. The van der Waals surface area contributed by atoms with E-state index in [1.165, 1.54) is 11.1 Å². The quantitative estimate of drug-likeness (QED) is 0.497. The molecule has 8 nitrogen and oxygen atoms in total. The van der Waals surface area contributed by atoms with Crippen LogP contribution in [0.3, 0.4) is 0 Å². The van der Waals surface area contributed by atoms with Crippen LogP contribution in [0.1, 0.15) is 54.5 Å². The molecule has 0 N–H and O–H groups in total. The Balaban J connectivity index is 1.61. The molecule has 37 heavy (non-hydrogen) atoms. The van der Waals surface area contributed by atoms with E-state index in [4.69, 9.17) is 19.3 Å². The lowest BCUT2D eigenvalue weighted by Gasteiger charge is -2.32. The van der Waals surface area contributed by atoms with Gasteiger partial charge < -0.3 is 14.2 Å². The molecule has 0 bridgehead atoms. The molecule has 198 valence electrons. The number of esters is 1. The van der Waals surface area contributed by atoms with Crippen molar-refractivity contribution in [3.05, 3.63) is 58.7 Å². The minimum atomic E-state index is -0.310. The van der Waals surface area contributed by atoms with Gasteiger partial charge in [-0.05, 0) is 75.0 Å². The molecule has 1 saturated heterocycles. The molecular weight excluding hydrogens is 470 g/mol. The summed E-state index contributed by atoms with van der Waals surface area (Å²) in [6.07, 6.45) is 2.21. The maximum Gasteiger partial charge on any atom is 0.310 e. The second-order valence-electron chi connectivity index (χ2n) is 9.74. The number of hydrogen-bond acceptors (Lipinski definition) is 7. The monoisotopic (exact) mass is 507 g/mol. The lowest BCUT2D eigenvalue weighted by Crippen LogP contribution is -2.44. The predicted molar refractivity (Wildman–Crippen MR) is 142 cm³/mol. The molecule has 0 saturated carbocycles. The Labute approximate surface area is 219 Å². The highest BCUT2D eigenvalue weighted by molar-refractivity contribution is 6.03. The molecule has 1 fully saturated rings. The normalized spacial score (nSPS) is 19.9. The van der Waals surface area contributed by atoms with Gasteiger partial charge >= 0.3 is 5.97 Å². The average molecular weight is 508 g/mol. The fourth-order valence-corrected chi connectivity index (χ4v) is 5.09. The zero-order valence-corrected chi connectivity index (χ0v) is 22.5. The summed E-state index contributed by atoms with van der Waals surface area (Å²) in [5, 5.41) is 6.45. The van der Waals surface area contributed by atoms with Gasteiger partial charge in [0.1, 0.15) is 11.5 Å². The highest BCUT2D eigenvalue weighted by Gasteiger charge is 2.36. The summed E-state index contributed by atoms with van der Waals surface area (Å²) < 4.78 is 16.3. The van der Waals surface area contributed by atoms with Gasteiger partial charge in [0.2, 0.25) is 0 Å². The zero-order chi connectivity index (χ0) is 26.5. The maximum absolute atomic E-state index is 13.7. The van der Waals surface area contributed by atoms with E-state index in [0.29, 0.717) is 31.1 Å². The van der Waals surface area contributed by atoms with Crippen LogP contribution in [0.5, 0.6) is 11.5 Å². The number of methoxy groups -OCH3 is 2. The molecule has 0 aliphatic carbocycles. The summed E-state index contributed by atoms with van der Waals surface area (Å²) in [5.74, 6) is 0.846. The standard InChI is InChI=1S/C29H37N3O5/c1-6-37-29(34)22-8-7-13-31(17-22)18-28(33)32-26(24-12-11-23(35-4)15-27(24)36-5)16-25(30-32)21-10-9-19(2)20(3)14-21/h9-12,14-15,22,26H,6-8,13,16-18H2,1-5H3/t22-,26+/m0/s1. The lowest BCUT2D eigenvalue weighted by molar-refractivity contribution is -0.150. The van der Waals surface area contributed by atoms with Gasteiger partial charge in [-0.25, -0.2) is 5.01 Å². The van der Waals surface area contributed by atoms with Gasteiger partial charge in [-0.3, -0.25) is 14.5 Å². The van der Waals surface area contributed by atoms with E-state index in [2.05, 4.69) is 32.0 Å². The Kier molecular flexibility index (Phi) is 8.48. The Morgan fingerprint density at radius 1 is 1.05 bits per heavy atom. The third-order valence-electron chi connectivity index (χ3n) is 7.29. The van der Waals surface area contributed by atoms with Gasteiger partial charge in [0, 0.05) is 24.6 Å². The molecule has 2 aliphatic heterocycles. The number of amides is 1. The average Bonchev–Trinajstić information content (AvgIpc) is 3.35. The maximum atomic E-state index is 13.7. The smallest absolute Gasteiger partial charge is 0.310 e. The number of rotatable bonds is 8. The van der Waals surface area contributed by atoms with Crippen molar-refractivity contribution in [2.24, 2.45) is 11.0 Å². The van der Waals surface area contributed by atoms with Gasteiger partial charge in [-0.2, -0.15) is 5.10 Å². The molecule has 2 aromatic carbocycles. The second-order valence-corrected chi connectivity index (χ2v) is 9.74. The number of piperidine rings is 1.